The molecule has 0 radical (unpaired) electrons. The first-order valence-electron chi connectivity index (χ1n) is 9.85. The molecule has 0 atom stereocenters. The Morgan fingerprint density at radius 3 is 1.93 bits per heavy atom. The topological polar surface area (TPSA) is 50.7 Å². The molecule has 0 saturated carbocycles. The monoisotopic (exact) mass is 406 g/mol. The summed E-state index contributed by atoms with van der Waals surface area (Å²) in [5.41, 5.74) is 4.63. The van der Waals surface area contributed by atoms with Crippen molar-refractivity contribution < 1.29 is 0 Å². The minimum Gasteiger partial charge on any atom is -0.298 e. The smallest absolute Gasteiger partial charge is 0.236 e. The highest BCUT2D eigenvalue weighted by molar-refractivity contribution is 7.99. The molecule has 0 spiro atoms. The molecule has 2 aromatic carbocycles. The van der Waals surface area contributed by atoms with Crippen LogP contribution >= 0.6 is 11.9 Å². The molecule has 0 aliphatic carbocycles. The maximum absolute atomic E-state index is 4.85. The van der Waals surface area contributed by atoms with Crippen LogP contribution in [-0.4, -0.2) is 21.2 Å². The number of anilines is 1. The SMILES string of the molecule is CSNc1nc(-c2ccc(C(C)(C)C)cc2)nc(-c2ccccc2C(C)(C)C)n1. The van der Waals surface area contributed by atoms with Crippen LogP contribution in [0.4, 0.5) is 5.95 Å². The van der Waals surface area contributed by atoms with Crippen molar-refractivity contribution in [3.8, 4) is 22.8 Å². The third-order valence-electron chi connectivity index (χ3n) is 4.81. The van der Waals surface area contributed by atoms with Gasteiger partial charge in [-0.2, -0.15) is 9.97 Å². The molecule has 3 rings (SSSR count). The number of nitrogens with zero attached hydrogens (tertiary/aromatic N) is 3. The van der Waals surface area contributed by atoms with Crippen molar-refractivity contribution in [1.82, 2.24) is 15.0 Å². The molecule has 0 unspecified atom stereocenters. The first-order chi connectivity index (χ1) is 13.6. The molecule has 1 N–H and O–H groups in total. The molecular weight excluding hydrogens is 376 g/mol. The highest BCUT2D eigenvalue weighted by Crippen LogP contribution is 2.33. The second-order valence-corrected chi connectivity index (χ2v) is 9.85. The van der Waals surface area contributed by atoms with Gasteiger partial charge in [-0.15, -0.1) is 0 Å². The number of benzene rings is 2. The van der Waals surface area contributed by atoms with E-state index in [4.69, 9.17) is 9.97 Å². The van der Waals surface area contributed by atoms with E-state index in [0.29, 0.717) is 17.6 Å². The van der Waals surface area contributed by atoms with Crippen LogP contribution < -0.4 is 4.72 Å². The van der Waals surface area contributed by atoms with E-state index in [1.807, 2.05) is 12.3 Å². The third-order valence-corrected chi connectivity index (χ3v) is 5.20. The van der Waals surface area contributed by atoms with E-state index in [0.717, 1.165) is 11.1 Å². The molecule has 0 fully saturated rings. The van der Waals surface area contributed by atoms with Gasteiger partial charge in [0.15, 0.2) is 11.6 Å². The van der Waals surface area contributed by atoms with Crippen LogP contribution in [-0.2, 0) is 10.8 Å². The van der Waals surface area contributed by atoms with E-state index in [2.05, 4.69) is 93.7 Å². The summed E-state index contributed by atoms with van der Waals surface area (Å²) in [5.74, 6) is 1.94. The minimum atomic E-state index is -0.00909. The summed E-state index contributed by atoms with van der Waals surface area (Å²) in [5, 5.41) is 0. The number of hydrogen-bond donors (Lipinski definition) is 1. The highest BCUT2D eigenvalue weighted by Gasteiger charge is 2.21. The Labute approximate surface area is 178 Å². The van der Waals surface area contributed by atoms with Crippen LogP contribution in [0.3, 0.4) is 0 Å². The lowest BCUT2D eigenvalue weighted by atomic mass is 9.83. The van der Waals surface area contributed by atoms with E-state index in [1.165, 1.54) is 23.1 Å². The fourth-order valence-corrected chi connectivity index (χ4v) is 3.49. The van der Waals surface area contributed by atoms with Crippen LogP contribution in [0, 0.1) is 0 Å². The lowest BCUT2D eigenvalue weighted by molar-refractivity contribution is 0.590. The molecule has 0 aliphatic heterocycles. The van der Waals surface area contributed by atoms with Gasteiger partial charge in [-0.25, -0.2) is 4.98 Å². The zero-order valence-corrected chi connectivity index (χ0v) is 19.2. The summed E-state index contributed by atoms with van der Waals surface area (Å²) in [7, 11) is 0. The average Bonchev–Trinajstić information content (AvgIpc) is 2.67. The van der Waals surface area contributed by atoms with Gasteiger partial charge < -0.3 is 0 Å². The predicted octanol–water partition coefficient (Wildman–Crippen LogP) is 6.49. The quantitative estimate of drug-likeness (QED) is 0.502. The van der Waals surface area contributed by atoms with Gasteiger partial charge in [0.2, 0.25) is 5.95 Å². The lowest BCUT2D eigenvalue weighted by Gasteiger charge is -2.22. The molecule has 5 heteroatoms. The largest absolute Gasteiger partial charge is 0.298 e. The second-order valence-electron chi connectivity index (χ2n) is 9.24. The standard InChI is InChI=1S/C24H30N4S/c1-23(2,3)17-14-12-16(13-15-17)20-25-21(27-22(26-20)28-29-7)18-10-8-9-11-19(18)24(4,5)6/h8-15H,1-7H3,(H,25,26,27,28). The van der Waals surface area contributed by atoms with Crippen molar-refractivity contribution in [2.45, 2.75) is 52.4 Å². The van der Waals surface area contributed by atoms with Crippen molar-refractivity contribution in [1.29, 1.82) is 0 Å². The lowest BCUT2D eigenvalue weighted by Crippen LogP contribution is -2.14. The number of rotatable bonds is 4. The molecule has 0 saturated heterocycles. The summed E-state index contributed by atoms with van der Waals surface area (Å²) in [4.78, 5) is 14.2. The van der Waals surface area contributed by atoms with E-state index >= 15 is 0 Å². The number of aromatic nitrogens is 3. The van der Waals surface area contributed by atoms with Crippen LogP contribution in [0.1, 0.15) is 52.7 Å². The molecule has 29 heavy (non-hydrogen) atoms. The summed E-state index contributed by atoms with van der Waals surface area (Å²) in [6, 6.07) is 16.8. The van der Waals surface area contributed by atoms with Gasteiger partial charge in [0.25, 0.3) is 0 Å². The molecular formula is C24H30N4S. The van der Waals surface area contributed by atoms with Crippen molar-refractivity contribution in [3.05, 3.63) is 59.7 Å². The Bertz CT molecular complexity index is 983. The molecule has 152 valence electrons. The van der Waals surface area contributed by atoms with Crippen molar-refractivity contribution in [2.75, 3.05) is 11.0 Å². The number of nitrogens with one attached hydrogen (secondary N) is 1. The van der Waals surface area contributed by atoms with Gasteiger partial charge in [-0.1, -0.05) is 102 Å². The van der Waals surface area contributed by atoms with E-state index < -0.39 is 0 Å². The van der Waals surface area contributed by atoms with Gasteiger partial charge >= 0.3 is 0 Å². The average molecular weight is 407 g/mol. The molecule has 0 amide bonds. The van der Waals surface area contributed by atoms with Gasteiger partial charge in [0.05, 0.1) is 0 Å². The Kier molecular flexibility index (Phi) is 5.99. The zero-order valence-electron chi connectivity index (χ0n) is 18.4. The highest BCUT2D eigenvalue weighted by atomic mass is 32.2. The summed E-state index contributed by atoms with van der Waals surface area (Å²) >= 11 is 1.48. The molecule has 0 aliphatic rings. The normalized spacial score (nSPS) is 12.1. The zero-order chi connectivity index (χ0) is 21.2. The second kappa shape index (κ2) is 8.15. The van der Waals surface area contributed by atoms with Gasteiger partial charge in [-0.3, -0.25) is 4.72 Å². The third kappa shape index (κ3) is 4.96. The van der Waals surface area contributed by atoms with Crippen LogP contribution in [0.25, 0.3) is 22.8 Å². The summed E-state index contributed by atoms with van der Waals surface area (Å²) < 4.78 is 3.18. The van der Waals surface area contributed by atoms with Gasteiger partial charge in [-0.05, 0) is 22.0 Å². The maximum Gasteiger partial charge on any atom is 0.236 e. The van der Waals surface area contributed by atoms with Crippen LogP contribution in [0.2, 0.25) is 0 Å². The Hall–Kier alpha value is -2.40. The van der Waals surface area contributed by atoms with Crippen molar-refractivity contribution in [3.63, 3.8) is 0 Å². The minimum absolute atomic E-state index is 0.00909. The maximum atomic E-state index is 4.85. The molecule has 0 bridgehead atoms. The molecule has 1 aromatic heterocycles. The fraction of sp³-hybridized carbons (Fsp3) is 0.375. The van der Waals surface area contributed by atoms with Crippen LogP contribution in [0.15, 0.2) is 48.5 Å². The predicted molar refractivity (Wildman–Crippen MR) is 125 cm³/mol. The fourth-order valence-electron chi connectivity index (χ4n) is 3.21. The summed E-state index contributed by atoms with van der Waals surface area (Å²) in [6.07, 6.45) is 1.96. The molecule has 1 heterocycles. The first kappa shape index (κ1) is 21.3. The van der Waals surface area contributed by atoms with Crippen molar-refractivity contribution in [2.24, 2.45) is 0 Å². The Morgan fingerprint density at radius 2 is 1.34 bits per heavy atom. The first-order valence-corrected chi connectivity index (χ1v) is 11.1. The molecule has 3 aromatic rings. The Balaban J connectivity index is 2.13. The van der Waals surface area contributed by atoms with Gasteiger partial charge in [0, 0.05) is 17.4 Å². The molecule has 4 nitrogen and oxygen atoms in total. The van der Waals surface area contributed by atoms with E-state index in [-0.39, 0.29) is 10.8 Å². The summed E-state index contributed by atoms with van der Waals surface area (Å²) in [6.45, 7) is 13.3. The van der Waals surface area contributed by atoms with Crippen LogP contribution in [0.5, 0.6) is 0 Å². The van der Waals surface area contributed by atoms with Gasteiger partial charge in [0.1, 0.15) is 0 Å². The number of hydrogen-bond acceptors (Lipinski definition) is 5. The Morgan fingerprint density at radius 1 is 0.724 bits per heavy atom. The van der Waals surface area contributed by atoms with E-state index in [1.54, 1.807) is 0 Å². The van der Waals surface area contributed by atoms with Crippen molar-refractivity contribution >= 4 is 17.9 Å². The van der Waals surface area contributed by atoms with E-state index in [9.17, 15) is 0 Å².